The van der Waals surface area contributed by atoms with E-state index in [1.54, 1.807) is 68.4 Å². The number of carbonyl (C=O) groups is 12. The van der Waals surface area contributed by atoms with Crippen LogP contribution in [0.2, 0.25) is 0 Å². The molecule has 32 nitrogen and oxygen atoms in total. The Kier molecular flexibility index (Phi) is 22.0. The standard InChI is InChI=1S/2C27H31FN4O4.2C27H30FN3O5/c2*1-16-12-31(13-17(2)36-16)14-18-6-7-22(28)19(10-18)11-29-23-5-3-4-20-21(23)15-32(27(20)35)24-8-9-25(33)30-26(24)34;2*1-16-11-30(12-17(2)36-16)13-18-6-7-22(28)19(10-18)15-35-24-5-3-4-20-21(24)14-31(27(20)34)23-8-9-25(32)29-26(23)33/h2*3-7,10,16-17,24,29H,8-9,11-15H2,1-2H3,(H,30,33,34);2*3-7,10,16-17,23H,8-9,11-15H2,1-2H3,(H,29,32,33)/i12D2,13D2,16D,17D,24D;12D2,13D2,16D,17D;8D2,9D2,13D2,14D2,15D2,23D;11D2,12D2,16D,17D. The van der Waals surface area contributed by atoms with E-state index in [2.05, 4.69) is 26.6 Å². The Labute approximate surface area is 874 Å². The van der Waals surface area contributed by atoms with E-state index in [1.165, 1.54) is 62.5 Å². The summed E-state index contributed by atoms with van der Waals surface area (Å²) < 4.78 is 346. The maximum Gasteiger partial charge on any atom is 0.255 e. The molecule has 12 unspecified atom stereocenters. The highest BCUT2D eigenvalue weighted by atomic mass is 19.1. The van der Waals surface area contributed by atoms with Crippen LogP contribution in [0.3, 0.4) is 0 Å². The van der Waals surface area contributed by atoms with Gasteiger partial charge in [0.2, 0.25) is 47.3 Å². The number of piperidine rings is 4. The van der Waals surface area contributed by atoms with Crippen LogP contribution in [-0.4, -0.2) is 235 Å². The second-order valence-electron chi connectivity index (χ2n) is 35.3. The topological polar surface area (TPSA) is 358 Å². The predicted octanol–water partition coefficient (Wildman–Crippen LogP) is 11.2. The van der Waals surface area contributed by atoms with Crippen LogP contribution in [0.4, 0.5) is 28.9 Å². The first-order valence-electron chi connectivity index (χ1n) is 61.1. The van der Waals surface area contributed by atoms with Crippen molar-refractivity contribution in [2.24, 2.45) is 0 Å². The van der Waals surface area contributed by atoms with Crippen LogP contribution in [-0.2, 0) is 136 Å². The minimum Gasteiger partial charge on any atom is -0.488 e. The first-order chi connectivity index (χ1) is 80.2. The lowest BCUT2D eigenvalue weighted by atomic mass is 10.0. The molecule has 0 aromatic heterocycles. The molecule has 0 bridgehead atoms. The molecule has 6 N–H and O–H groups in total. The van der Waals surface area contributed by atoms with E-state index in [1.807, 2.05) is 0 Å². The zero-order valence-corrected chi connectivity index (χ0v) is 79.1. The lowest BCUT2D eigenvalue weighted by molar-refractivity contribution is -0.138. The molecule has 8 saturated heterocycles. The number of rotatable bonds is 24. The van der Waals surface area contributed by atoms with Gasteiger partial charge in [-0.1, -0.05) is 48.5 Å². The Hall–Kier alpha value is -13.2. The van der Waals surface area contributed by atoms with Gasteiger partial charge in [-0.3, -0.25) is 98.4 Å². The number of ether oxygens (including phenoxy) is 6. The summed E-state index contributed by atoms with van der Waals surface area (Å²) >= 11 is 0. The Morgan fingerprint density at radius 2 is 0.764 bits per heavy atom. The molecule has 12 amide bonds. The molecular formula is C108H122F4N14O18. The number of fused-ring (bicyclic) bond motifs is 4. The first-order valence-corrected chi connectivity index (χ1v) is 46.1. The van der Waals surface area contributed by atoms with E-state index in [0.717, 1.165) is 110 Å². The molecule has 8 fully saturated rings. The second kappa shape index (κ2) is 45.0. The quantitative estimate of drug-likeness (QED) is 0.0242. The van der Waals surface area contributed by atoms with Crippen molar-refractivity contribution in [2.75, 3.05) is 62.7 Å². The molecule has 144 heavy (non-hydrogen) atoms. The van der Waals surface area contributed by atoms with Crippen molar-refractivity contribution < 1.29 is 145 Å². The van der Waals surface area contributed by atoms with Crippen molar-refractivity contribution >= 4 is 82.3 Å². The SMILES string of the molecule is [2H]C([2H])(Oc1cccc2c1C([2H])([2H])N(C1([2H])C(=O)NC(=O)C([2H])([2H])C1([2H])[2H])C2=O)c1cc(C([2H])([2H])N2CC(C)OC(C)C2)ccc1F.[2H]C1(C)OC([2H])(C)C([2H])([2H])N(Cc2ccc(F)c(CNc3cccc4c3CN(C3CCC(=O)NC3=O)C4=O)c2)C1([2H])[2H].[2H]C1(C)OC([2H])(C)C([2H])([2H])N(Cc2ccc(F)c(COc3cccc4c3CN(C3CCC(=O)NC3=O)C4=O)c2)C1([2H])[2H].[2H]C1(N2Cc3c(NCc4cc(CN5C([2H])([2H])C([2H])(C)OC([2H])(C)C5([2H])[2H])ccc4F)cccc3C2=O)CCC(=O)NC1=O. The Morgan fingerprint density at radius 3 is 1.24 bits per heavy atom. The number of nitrogens with zero attached hydrogens (tertiary/aromatic N) is 8. The van der Waals surface area contributed by atoms with Gasteiger partial charge < -0.3 is 58.7 Å². The van der Waals surface area contributed by atoms with E-state index < -0.39 is 237 Å². The average Bonchev–Trinajstić information content (AvgIpc) is 1.49. The lowest BCUT2D eigenvalue weighted by Crippen LogP contribution is -2.52. The minimum atomic E-state index is -3.79. The number of carbonyl (C=O) groups excluding carboxylic acids is 12. The normalized spacial score (nSPS) is 35.1. The molecule has 12 heterocycles. The number of hydrogen-bond donors (Lipinski definition) is 6. The van der Waals surface area contributed by atoms with Crippen LogP contribution < -0.4 is 41.4 Å². The molecular weight excluding hydrogens is 1860 g/mol. The first kappa shape index (κ1) is 70.5. The van der Waals surface area contributed by atoms with Gasteiger partial charge >= 0.3 is 0 Å². The van der Waals surface area contributed by atoms with Gasteiger partial charge in [-0.05, 0) is 200 Å². The molecule has 0 saturated carbocycles. The third-order valence-electron chi connectivity index (χ3n) is 24.5. The van der Waals surface area contributed by atoms with Gasteiger partial charge in [0, 0.05) is 233 Å². The van der Waals surface area contributed by atoms with Gasteiger partial charge in [-0.25, -0.2) is 17.6 Å². The molecule has 12 aliphatic rings. The zero-order valence-electron chi connectivity index (χ0n) is 109. The summed E-state index contributed by atoms with van der Waals surface area (Å²) in [6, 6.07) is 25.4. The van der Waals surface area contributed by atoms with Crippen molar-refractivity contribution in [1.82, 2.24) is 60.5 Å². The number of morpholine rings is 4. The van der Waals surface area contributed by atoms with Crippen LogP contribution in [0.25, 0.3) is 0 Å². The highest BCUT2D eigenvalue weighted by molar-refractivity contribution is 6.09. The maximum atomic E-state index is 15.2. The number of benzene rings is 8. The van der Waals surface area contributed by atoms with Gasteiger partial charge in [0.15, 0.2) is 0 Å². The van der Waals surface area contributed by atoms with Crippen LogP contribution in [0, 0.1) is 23.3 Å². The van der Waals surface area contributed by atoms with Crippen LogP contribution in [0.5, 0.6) is 11.5 Å². The van der Waals surface area contributed by atoms with Crippen molar-refractivity contribution in [3.05, 3.63) is 258 Å². The monoisotopic (exact) mass is 2010 g/mol. The van der Waals surface area contributed by atoms with E-state index in [0.29, 0.717) is 61.6 Å². The van der Waals surface area contributed by atoms with Gasteiger partial charge in [0.05, 0.1) is 78.2 Å². The van der Waals surface area contributed by atoms with Gasteiger partial charge in [-0.15, -0.1) is 0 Å². The molecule has 36 heteroatoms. The number of nitrogens with one attached hydrogen (secondary N) is 6. The molecule has 12 aliphatic heterocycles. The third-order valence-corrected chi connectivity index (χ3v) is 24.5. The smallest absolute Gasteiger partial charge is 0.255 e. The molecule has 12 atom stereocenters. The van der Waals surface area contributed by atoms with Crippen molar-refractivity contribution in [2.45, 2.75) is 258 Å². The molecule has 0 spiro atoms. The van der Waals surface area contributed by atoms with Crippen LogP contribution in [0.15, 0.2) is 146 Å². The van der Waals surface area contributed by atoms with Crippen molar-refractivity contribution in [3.63, 3.8) is 0 Å². The Morgan fingerprint density at radius 1 is 0.389 bits per heavy atom. The molecule has 8 aromatic carbocycles. The number of imide groups is 4. The second-order valence-corrected chi connectivity index (χ2v) is 35.3. The molecule has 8 aromatic rings. The molecule has 0 radical (unpaired) electrons. The van der Waals surface area contributed by atoms with E-state index >= 15 is 4.39 Å². The van der Waals surface area contributed by atoms with E-state index in [9.17, 15) is 70.7 Å². The summed E-state index contributed by atoms with van der Waals surface area (Å²) in [4.78, 5) is 157. The van der Waals surface area contributed by atoms with Crippen molar-refractivity contribution in [3.8, 4) is 11.5 Å². The Balaban J connectivity index is 0.000000154. The minimum absolute atomic E-state index is 0.0298. The van der Waals surface area contributed by atoms with Gasteiger partial charge in [0.1, 0.15) is 72.1 Å². The zero-order chi connectivity index (χ0) is 129. The summed E-state index contributed by atoms with van der Waals surface area (Å²) in [7, 11) is 0. The molecule has 0 aliphatic carbocycles. The highest BCUT2D eigenvalue weighted by Crippen LogP contribution is 2.40. The maximum absolute atomic E-state index is 15.2. The average molecular weight is 2010 g/mol. The summed E-state index contributed by atoms with van der Waals surface area (Å²) in [5.74, 6) is -12.8. The van der Waals surface area contributed by atoms with Crippen LogP contribution >= 0.6 is 0 Å². The van der Waals surface area contributed by atoms with E-state index in [4.69, 9.17) is 69.5 Å². The fraction of sp³-hybridized carbons (Fsp3) is 0.444. The number of amides is 12. The summed E-state index contributed by atoms with van der Waals surface area (Å²) in [6.45, 7) is -15.3. The number of halogens is 4. The Bertz CT molecular complexity index is 7630. The highest BCUT2D eigenvalue weighted by Gasteiger charge is 2.46. The lowest BCUT2D eigenvalue weighted by Gasteiger charge is -2.35. The van der Waals surface area contributed by atoms with Crippen LogP contribution in [0.1, 0.15) is 256 Å². The van der Waals surface area contributed by atoms with Gasteiger partial charge in [-0.2, -0.15) is 0 Å². The largest absolute Gasteiger partial charge is 0.488 e. The molecule has 20 rings (SSSR count). The number of hydrogen-bond acceptors (Lipinski definition) is 24. The van der Waals surface area contributed by atoms with E-state index in [-0.39, 0.29) is 167 Å². The summed E-state index contributed by atoms with van der Waals surface area (Å²) in [6.07, 6.45) is -21.2. The summed E-state index contributed by atoms with van der Waals surface area (Å²) in [5, 5.41) is 14.4. The molecule has 760 valence electrons. The summed E-state index contributed by atoms with van der Waals surface area (Å²) in [5.41, 5.74) is 2.79. The van der Waals surface area contributed by atoms with Gasteiger partial charge in [0.25, 0.3) is 23.6 Å². The third kappa shape index (κ3) is 24.2. The number of anilines is 2. The fourth-order valence-electron chi connectivity index (χ4n) is 18.1. The predicted molar refractivity (Wildman–Crippen MR) is 520 cm³/mol. The van der Waals surface area contributed by atoms with Crippen molar-refractivity contribution in [1.29, 1.82) is 0 Å². The fourth-order valence-corrected chi connectivity index (χ4v) is 18.1.